The van der Waals surface area contributed by atoms with E-state index in [4.69, 9.17) is 0 Å². The number of aromatic nitrogens is 2. The van der Waals surface area contributed by atoms with Gasteiger partial charge >= 0.3 is 0 Å². The number of benzene rings is 1. The van der Waals surface area contributed by atoms with E-state index in [0.717, 1.165) is 22.5 Å². The highest BCUT2D eigenvalue weighted by Crippen LogP contribution is 2.22. The van der Waals surface area contributed by atoms with Crippen LogP contribution in [0.5, 0.6) is 5.75 Å². The summed E-state index contributed by atoms with van der Waals surface area (Å²) in [6.45, 7) is 7.71. The van der Waals surface area contributed by atoms with Gasteiger partial charge in [0.1, 0.15) is 5.75 Å². The molecule has 1 unspecified atom stereocenters. The third kappa shape index (κ3) is 4.43. The summed E-state index contributed by atoms with van der Waals surface area (Å²) in [7, 11) is 0. The van der Waals surface area contributed by atoms with Gasteiger partial charge in [0.2, 0.25) is 0 Å². The Balaban J connectivity index is 2.41. The van der Waals surface area contributed by atoms with Gasteiger partial charge in [-0.2, -0.15) is 0 Å². The highest BCUT2D eigenvalue weighted by Gasteiger charge is 2.15. The van der Waals surface area contributed by atoms with E-state index in [1.54, 1.807) is 31.6 Å². The highest BCUT2D eigenvalue weighted by molar-refractivity contribution is 5.73. The molecule has 0 amide bonds. The standard InChI is InChI=1S/C19H23N3O2/c1-4-16(8-9-20-3)19-18(10-14(2)23)22(13-21-19)12-15-6-5-7-17(24)11-15/h4-9,11,13-14,23-24H,3,10,12H2,1-2H3/b9-8-,16-4+. The van der Waals surface area contributed by atoms with Crippen LogP contribution in [0.4, 0.5) is 0 Å². The predicted molar refractivity (Wildman–Crippen MR) is 97.2 cm³/mol. The van der Waals surface area contributed by atoms with E-state index in [9.17, 15) is 10.2 Å². The van der Waals surface area contributed by atoms with E-state index in [2.05, 4.69) is 16.7 Å². The number of allylic oxidation sites excluding steroid dienone is 3. The summed E-state index contributed by atoms with van der Waals surface area (Å²) in [5, 5.41) is 19.5. The Hall–Kier alpha value is -2.66. The van der Waals surface area contributed by atoms with Gasteiger partial charge in [0, 0.05) is 24.9 Å². The van der Waals surface area contributed by atoms with Crippen molar-refractivity contribution in [3.8, 4) is 5.75 Å². The van der Waals surface area contributed by atoms with E-state index in [-0.39, 0.29) is 5.75 Å². The van der Waals surface area contributed by atoms with Crippen LogP contribution in [0.2, 0.25) is 0 Å². The molecule has 1 heterocycles. The number of phenols is 1. The number of hydrogen-bond donors (Lipinski definition) is 2. The van der Waals surface area contributed by atoms with Crippen LogP contribution < -0.4 is 0 Å². The van der Waals surface area contributed by atoms with Crippen molar-refractivity contribution in [1.82, 2.24) is 9.55 Å². The molecule has 24 heavy (non-hydrogen) atoms. The fraction of sp³-hybridized carbons (Fsp3) is 0.263. The van der Waals surface area contributed by atoms with Crippen LogP contribution in [0.3, 0.4) is 0 Å². The Morgan fingerprint density at radius 3 is 2.88 bits per heavy atom. The number of aromatic hydroxyl groups is 1. The summed E-state index contributed by atoms with van der Waals surface area (Å²) in [6, 6.07) is 7.13. The Morgan fingerprint density at radius 2 is 2.25 bits per heavy atom. The smallest absolute Gasteiger partial charge is 0.115 e. The molecule has 5 nitrogen and oxygen atoms in total. The Kier molecular flexibility index (Phi) is 6.09. The summed E-state index contributed by atoms with van der Waals surface area (Å²) in [5.41, 5.74) is 3.65. The third-order valence-electron chi connectivity index (χ3n) is 3.64. The number of aliphatic hydroxyl groups is 1. The summed E-state index contributed by atoms with van der Waals surface area (Å²) in [4.78, 5) is 8.26. The highest BCUT2D eigenvalue weighted by atomic mass is 16.3. The quantitative estimate of drug-likeness (QED) is 0.607. The lowest BCUT2D eigenvalue weighted by atomic mass is 10.1. The van der Waals surface area contributed by atoms with E-state index in [1.807, 2.05) is 35.8 Å². The van der Waals surface area contributed by atoms with Gasteiger partial charge in [-0.25, -0.2) is 4.98 Å². The molecule has 0 saturated heterocycles. The van der Waals surface area contributed by atoms with Gasteiger partial charge < -0.3 is 14.8 Å². The third-order valence-corrected chi connectivity index (χ3v) is 3.64. The Morgan fingerprint density at radius 1 is 1.46 bits per heavy atom. The second-order valence-electron chi connectivity index (χ2n) is 5.63. The van der Waals surface area contributed by atoms with Crippen molar-refractivity contribution in [3.63, 3.8) is 0 Å². The number of nitrogens with zero attached hydrogens (tertiary/aromatic N) is 3. The summed E-state index contributed by atoms with van der Waals surface area (Å²) in [6.07, 6.45) is 7.18. The second kappa shape index (κ2) is 8.26. The first kappa shape index (κ1) is 17.7. The second-order valence-corrected chi connectivity index (χ2v) is 5.63. The molecule has 126 valence electrons. The van der Waals surface area contributed by atoms with Crippen LogP contribution in [0, 0.1) is 0 Å². The first-order valence-corrected chi connectivity index (χ1v) is 7.84. The number of phenolic OH excluding ortho intramolecular Hbond substituents is 1. The molecule has 2 aromatic rings. The normalized spacial score (nSPS) is 13.4. The van der Waals surface area contributed by atoms with Gasteiger partial charge in [0.15, 0.2) is 0 Å². The average Bonchev–Trinajstić information content (AvgIpc) is 2.90. The van der Waals surface area contributed by atoms with Crippen molar-refractivity contribution >= 4 is 12.3 Å². The molecular formula is C19H23N3O2. The molecule has 5 heteroatoms. The van der Waals surface area contributed by atoms with Crippen molar-refractivity contribution in [3.05, 3.63) is 65.9 Å². The van der Waals surface area contributed by atoms with Crippen LogP contribution >= 0.6 is 0 Å². The molecule has 2 N–H and O–H groups in total. The molecule has 1 atom stereocenters. The maximum absolute atomic E-state index is 9.87. The molecule has 0 fully saturated rings. The molecule has 0 bridgehead atoms. The lowest BCUT2D eigenvalue weighted by molar-refractivity contribution is 0.193. The topological polar surface area (TPSA) is 70.6 Å². The fourth-order valence-corrected chi connectivity index (χ4v) is 2.58. The molecule has 0 radical (unpaired) electrons. The lowest BCUT2D eigenvalue weighted by Crippen LogP contribution is -2.12. The Bertz CT molecular complexity index is 758. The molecule has 1 aromatic heterocycles. The van der Waals surface area contributed by atoms with Gasteiger partial charge in [-0.1, -0.05) is 18.2 Å². The first-order chi connectivity index (χ1) is 11.5. The molecular weight excluding hydrogens is 302 g/mol. The van der Waals surface area contributed by atoms with Gasteiger partial charge in [0.25, 0.3) is 0 Å². The van der Waals surface area contributed by atoms with Crippen molar-refractivity contribution in [2.24, 2.45) is 4.99 Å². The monoisotopic (exact) mass is 325 g/mol. The molecule has 0 aliphatic carbocycles. The zero-order valence-corrected chi connectivity index (χ0v) is 14.1. The maximum atomic E-state index is 9.87. The fourth-order valence-electron chi connectivity index (χ4n) is 2.58. The van der Waals surface area contributed by atoms with Crippen LogP contribution in [0.1, 0.15) is 30.8 Å². The number of rotatable bonds is 7. The summed E-state index contributed by atoms with van der Waals surface area (Å²) in [5.74, 6) is 0.235. The van der Waals surface area contributed by atoms with Crippen molar-refractivity contribution in [2.45, 2.75) is 32.9 Å². The van der Waals surface area contributed by atoms with Crippen molar-refractivity contribution in [2.75, 3.05) is 0 Å². The molecule has 0 aliphatic heterocycles. The number of aliphatic hydroxyl groups excluding tert-OH is 1. The minimum Gasteiger partial charge on any atom is -0.508 e. The molecule has 1 aromatic carbocycles. The van der Waals surface area contributed by atoms with Crippen molar-refractivity contribution < 1.29 is 10.2 Å². The van der Waals surface area contributed by atoms with E-state index < -0.39 is 6.10 Å². The molecule has 0 saturated carbocycles. The van der Waals surface area contributed by atoms with Crippen LogP contribution in [0.25, 0.3) is 5.57 Å². The molecule has 2 rings (SSSR count). The van der Waals surface area contributed by atoms with E-state index >= 15 is 0 Å². The maximum Gasteiger partial charge on any atom is 0.115 e. The van der Waals surface area contributed by atoms with E-state index in [0.29, 0.717) is 13.0 Å². The Labute approximate surface area is 142 Å². The SMILES string of the molecule is C=N/C=C\C(=C/C)c1ncn(Cc2cccc(O)c2)c1CC(C)O. The molecule has 0 aliphatic rings. The zero-order valence-electron chi connectivity index (χ0n) is 14.1. The van der Waals surface area contributed by atoms with Gasteiger partial charge in [-0.3, -0.25) is 4.99 Å². The van der Waals surface area contributed by atoms with Crippen LogP contribution in [-0.4, -0.2) is 32.6 Å². The minimum absolute atomic E-state index is 0.235. The largest absolute Gasteiger partial charge is 0.508 e. The number of aliphatic imine (C=N–C) groups is 1. The van der Waals surface area contributed by atoms with Gasteiger partial charge in [-0.05, 0) is 49.9 Å². The number of imidazole rings is 1. The number of hydrogen-bond acceptors (Lipinski definition) is 4. The zero-order chi connectivity index (χ0) is 17.5. The van der Waals surface area contributed by atoms with Crippen LogP contribution in [-0.2, 0) is 13.0 Å². The average molecular weight is 325 g/mol. The van der Waals surface area contributed by atoms with Gasteiger partial charge in [0.05, 0.1) is 18.1 Å². The van der Waals surface area contributed by atoms with Crippen LogP contribution in [0.15, 0.2) is 53.9 Å². The van der Waals surface area contributed by atoms with Crippen molar-refractivity contribution in [1.29, 1.82) is 0 Å². The predicted octanol–water partition coefficient (Wildman–Crippen LogP) is 3.18. The van der Waals surface area contributed by atoms with Gasteiger partial charge in [-0.15, -0.1) is 0 Å². The lowest BCUT2D eigenvalue weighted by Gasteiger charge is -2.12. The summed E-state index contributed by atoms with van der Waals surface area (Å²) < 4.78 is 2.00. The summed E-state index contributed by atoms with van der Waals surface area (Å²) >= 11 is 0. The van der Waals surface area contributed by atoms with E-state index in [1.165, 1.54) is 0 Å². The molecule has 0 spiro atoms. The first-order valence-electron chi connectivity index (χ1n) is 7.84. The minimum atomic E-state index is -0.483.